The molecule has 0 unspecified atom stereocenters. The van der Waals surface area contributed by atoms with Crippen LogP contribution in [0.2, 0.25) is 0 Å². The Morgan fingerprint density at radius 1 is 0.345 bits per heavy atom. The van der Waals surface area contributed by atoms with Gasteiger partial charge >= 0.3 is 0 Å². The van der Waals surface area contributed by atoms with Crippen molar-refractivity contribution >= 4 is 87.5 Å². The van der Waals surface area contributed by atoms with Crippen molar-refractivity contribution in [2.75, 3.05) is 0 Å². The highest BCUT2D eigenvalue weighted by molar-refractivity contribution is 6.13. The van der Waals surface area contributed by atoms with E-state index >= 15 is 0 Å². The molecule has 13 aromatic rings. The van der Waals surface area contributed by atoms with Gasteiger partial charge in [0.2, 0.25) is 5.95 Å². The van der Waals surface area contributed by atoms with Gasteiger partial charge in [0, 0.05) is 54.3 Å². The van der Waals surface area contributed by atoms with Gasteiger partial charge in [-0.25, -0.2) is 4.98 Å². The third kappa shape index (κ3) is 4.41. The Kier molecular flexibility index (Phi) is 6.32. The second-order valence-electron chi connectivity index (χ2n) is 14.8. The number of furan rings is 2. The maximum atomic E-state index is 6.77. The molecule has 0 saturated heterocycles. The summed E-state index contributed by atoms with van der Waals surface area (Å²) in [6, 6.07) is 60.9. The molecule has 58 heavy (non-hydrogen) atoms. The molecule has 0 spiro atoms. The molecule has 7 nitrogen and oxygen atoms in total. The van der Waals surface area contributed by atoms with Crippen LogP contribution in [-0.2, 0) is 0 Å². The summed E-state index contributed by atoms with van der Waals surface area (Å²) in [6.07, 6.45) is 0. The first-order valence-electron chi connectivity index (χ1n) is 19.4. The molecule has 0 atom stereocenters. The smallest absolute Gasteiger partial charge is 0.238 e. The molecule has 13 rings (SSSR count). The number of hydrogen-bond donors (Lipinski definition) is 0. The molecule has 0 fully saturated rings. The van der Waals surface area contributed by atoms with E-state index in [4.69, 9.17) is 23.8 Å². The molecule has 0 radical (unpaired) electrons. The lowest BCUT2D eigenvalue weighted by molar-refractivity contribution is 0.669. The third-order valence-electron chi connectivity index (χ3n) is 11.6. The van der Waals surface area contributed by atoms with E-state index in [0.717, 1.165) is 93.5 Å². The molecule has 5 heterocycles. The first-order chi connectivity index (χ1) is 28.7. The summed E-state index contributed by atoms with van der Waals surface area (Å²) in [6.45, 7) is 0. The van der Waals surface area contributed by atoms with E-state index < -0.39 is 0 Å². The minimum atomic E-state index is 0.520. The van der Waals surface area contributed by atoms with Crippen molar-refractivity contribution in [3.63, 3.8) is 0 Å². The van der Waals surface area contributed by atoms with Gasteiger partial charge in [-0.3, -0.25) is 4.57 Å². The van der Waals surface area contributed by atoms with E-state index in [2.05, 4.69) is 149 Å². The summed E-state index contributed by atoms with van der Waals surface area (Å²) < 4.78 is 17.4. The van der Waals surface area contributed by atoms with Crippen molar-refractivity contribution in [3.05, 3.63) is 176 Å². The zero-order chi connectivity index (χ0) is 37.9. The molecule has 0 aliphatic heterocycles. The van der Waals surface area contributed by atoms with Crippen molar-refractivity contribution in [1.29, 1.82) is 0 Å². The Labute approximate surface area is 329 Å². The standard InChI is InChI=1S/C51H29N5O2/c1-6-19-41-32(12-1)33-13-2-7-20-42(33)55(41)31-25-27-47-40(29-31)37-17-11-18-38(48(37)58-47)50-52-49(30-24-26-46-39(28-30)36-16-5-10-23-45(36)57-46)53-51(54-50)56-43-21-8-3-14-34(43)35-15-4-9-22-44(35)56/h1-29H. The second kappa shape index (κ2) is 11.7. The summed E-state index contributed by atoms with van der Waals surface area (Å²) >= 11 is 0. The van der Waals surface area contributed by atoms with Crippen molar-refractivity contribution in [2.24, 2.45) is 0 Å². The Morgan fingerprint density at radius 2 is 0.862 bits per heavy atom. The van der Waals surface area contributed by atoms with E-state index in [0.29, 0.717) is 17.6 Å². The van der Waals surface area contributed by atoms with Crippen LogP contribution in [0.25, 0.3) is 122 Å². The van der Waals surface area contributed by atoms with E-state index in [9.17, 15) is 0 Å². The zero-order valence-corrected chi connectivity index (χ0v) is 30.8. The maximum absolute atomic E-state index is 6.77. The number of benzene rings is 8. The molecular weight excluding hydrogens is 715 g/mol. The average molecular weight is 744 g/mol. The predicted octanol–water partition coefficient (Wildman–Crippen LogP) is 13.2. The highest BCUT2D eigenvalue weighted by Crippen LogP contribution is 2.40. The van der Waals surface area contributed by atoms with Crippen molar-refractivity contribution in [3.8, 4) is 34.4 Å². The number of aromatic nitrogens is 5. The molecule has 0 saturated carbocycles. The molecule has 0 amide bonds. The van der Waals surface area contributed by atoms with E-state index in [-0.39, 0.29) is 0 Å². The molecule has 5 aromatic heterocycles. The second-order valence-corrected chi connectivity index (χ2v) is 14.8. The lowest BCUT2D eigenvalue weighted by Crippen LogP contribution is -2.06. The summed E-state index contributed by atoms with van der Waals surface area (Å²) in [7, 11) is 0. The van der Waals surface area contributed by atoms with E-state index in [1.807, 2.05) is 36.4 Å². The number of hydrogen-bond acceptors (Lipinski definition) is 5. The Hall–Kier alpha value is -8.03. The minimum absolute atomic E-state index is 0.520. The average Bonchev–Trinajstić information content (AvgIpc) is 4.03. The number of rotatable bonds is 4. The van der Waals surface area contributed by atoms with Crippen molar-refractivity contribution < 1.29 is 8.83 Å². The number of nitrogens with zero attached hydrogens (tertiary/aromatic N) is 5. The Bertz CT molecular complexity index is 3720. The maximum Gasteiger partial charge on any atom is 0.238 e. The summed E-state index contributed by atoms with van der Waals surface area (Å²) in [5.41, 5.74) is 10.2. The monoisotopic (exact) mass is 743 g/mol. The van der Waals surface area contributed by atoms with Crippen LogP contribution >= 0.6 is 0 Å². The molecule has 0 N–H and O–H groups in total. The van der Waals surface area contributed by atoms with E-state index in [1.54, 1.807) is 0 Å². The first kappa shape index (κ1) is 31.2. The highest BCUT2D eigenvalue weighted by Gasteiger charge is 2.22. The van der Waals surface area contributed by atoms with Crippen LogP contribution in [0.4, 0.5) is 0 Å². The summed E-state index contributed by atoms with van der Waals surface area (Å²) in [5, 5.41) is 8.77. The van der Waals surface area contributed by atoms with Gasteiger partial charge < -0.3 is 13.4 Å². The molecule has 0 bridgehead atoms. The molecule has 7 heteroatoms. The Morgan fingerprint density at radius 3 is 1.55 bits per heavy atom. The lowest BCUT2D eigenvalue weighted by Gasteiger charge is -2.11. The van der Waals surface area contributed by atoms with Crippen LogP contribution in [0.5, 0.6) is 0 Å². The fraction of sp³-hybridized carbons (Fsp3) is 0. The molecular formula is C51H29N5O2. The molecule has 8 aromatic carbocycles. The van der Waals surface area contributed by atoms with Gasteiger partial charge in [-0.2, -0.15) is 9.97 Å². The SMILES string of the molecule is c1ccc2c(c1)oc1ccc(-c3nc(-c4cccc5c4oc4ccc(-n6c7ccccc7c7ccccc76)cc45)nc(-n4c5ccccc5c5ccccc54)n3)cc12. The van der Waals surface area contributed by atoms with E-state index in [1.165, 1.54) is 10.8 Å². The summed E-state index contributed by atoms with van der Waals surface area (Å²) in [4.78, 5) is 15.7. The van der Waals surface area contributed by atoms with Gasteiger partial charge in [0.05, 0.1) is 27.6 Å². The van der Waals surface area contributed by atoms with Gasteiger partial charge in [-0.1, -0.05) is 103 Å². The quantitative estimate of drug-likeness (QED) is 0.179. The van der Waals surface area contributed by atoms with Gasteiger partial charge in [-0.05, 0) is 72.8 Å². The van der Waals surface area contributed by atoms with Crippen LogP contribution < -0.4 is 0 Å². The largest absolute Gasteiger partial charge is 0.456 e. The van der Waals surface area contributed by atoms with Gasteiger partial charge in [-0.15, -0.1) is 0 Å². The topological polar surface area (TPSA) is 74.8 Å². The minimum Gasteiger partial charge on any atom is -0.456 e. The fourth-order valence-electron chi connectivity index (χ4n) is 9.02. The highest BCUT2D eigenvalue weighted by atomic mass is 16.3. The normalized spacial score (nSPS) is 12.1. The molecule has 270 valence electrons. The van der Waals surface area contributed by atoms with Crippen LogP contribution in [-0.4, -0.2) is 24.1 Å². The number of para-hydroxylation sites is 6. The first-order valence-corrected chi connectivity index (χ1v) is 19.4. The van der Waals surface area contributed by atoms with Crippen LogP contribution in [0.3, 0.4) is 0 Å². The van der Waals surface area contributed by atoms with Crippen molar-refractivity contribution in [1.82, 2.24) is 24.1 Å². The molecule has 0 aliphatic carbocycles. The Balaban J connectivity index is 1.06. The van der Waals surface area contributed by atoms with Crippen molar-refractivity contribution in [2.45, 2.75) is 0 Å². The predicted molar refractivity (Wildman–Crippen MR) is 234 cm³/mol. The zero-order valence-electron chi connectivity index (χ0n) is 30.8. The van der Waals surface area contributed by atoms with Gasteiger partial charge in [0.25, 0.3) is 0 Å². The fourth-order valence-corrected chi connectivity index (χ4v) is 9.02. The van der Waals surface area contributed by atoms with Crippen LogP contribution in [0.15, 0.2) is 185 Å². The van der Waals surface area contributed by atoms with Gasteiger partial charge in [0.1, 0.15) is 22.3 Å². The number of fused-ring (bicyclic) bond motifs is 12. The molecule has 0 aliphatic rings. The lowest BCUT2D eigenvalue weighted by atomic mass is 10.1. The van der Waals surface area contributed by atoms with Gasteiger partial charge in [0.15, 0.2) is 11.6 Å². The summed E-state index contributed by atoms with van der Waals surface area (Å²) in [5.74, 6) is 1.60. The van der Waals surface area contributed by atoms with Crippen LogP contribution in [0.1, 0.15) is 0 Å². The third-order valence-corrected chi connectivity index (χ3v) is 11.6. The van der Waals surface area contributed by atoms with Crippen LogP contribution in [0, 0.1) is 0 Å².